The molecule has 1 amide bonds. The average molecular weight is 505 g/mol. The summed E-state index contributed by atoms with van der Waals surface area (Å²) in [5, 5.41) is 5.48. The average Bonchev–Trinajstić information content (AvgIpc) is 3.19. The number of hydrogen-bond donors (Lipinski definition) is 2. The zero-order chi connectivity index (χ0) is 25.4. The highest BCUT2D eigenvalue weighted by molar-refractivity contribution is 7.92. The van der Waals surface area contributed by atoms with E-state index in [2.05, 4.69) is 30.6 Å². The van der Waals surface area contributed by atoms with E-state index in [0.29, 0.717) is 11.2 Å². The molecule has 1 unspecified atom stereocenters. The Morgan fingerprint density at radius 1 is 1.06 bits per heavy atom. The summed E-state index contributed by atoms with van der Waals surface area (Å²) >= 11 is 0. The van der Waals surface area contributed by atoms with Crippen LogP contribution in [0.4, 0.5) is 24.7 Å². The molecule has 0 aliphatic carbocycles. The molecule has 0 bridgehead atoms. The second-order valence-corrected chi connectivity index (χ2v) is 9.48. The number of carbonyl (C=O) groups excluding carboxylic acids is 1. The number of rotatable bonds is 6. The molecule has 2 N–H and O–H groups in total. The highest BCUT2D eigenvalue weighted by atomic mass is 32.2. The second kappa shape index (κ2) is 8.94. The van der Waals surface area contributed by atoms with E-state index in [0.717, 1.165) is 17.6 Å². The molecule has 4 aromatic rings. The van der Waals surface area contributed by atoms with Crippen molar-refractivity contribution in [3.63, 3.8) is 0 Å². The predicted octanol–water partition coefficient (Wildman–Crippen LogP) is 3.29. The minimum absolute atomic E-state index is 0.0790. The van der Waals surface area contributed by atoms with Crippen molar-refractivity contribution >= 4 is 38.3 Å². The van der Waals surface area contributed by atoms with Crippen molar-refractivity contribution in [3.8, 4) is 0 Å². The number of nitrogens with one attached hydrogen (secondary N) is 2. The Kier molecular flexibility index (Phi) is 6.15. The molecule has 0 fully saturated rings. The number of anilines is 2. The molecular weight excluding hydrogens is 487 g/mol. The third-order valence-corrected chi connectivity index (χ3v) is 6.51. The highest BCUT2D eigenvalue weighted by Gasteiger charge is 2.46. The number of nitrogens with zero attached hydrogens (tertiary/aromatic N) is 5. The molecule has 182 valence electrons. The Bertz CT molecular complexity index is 1500. The molecule has 0 spiro atoms. The number of aromatic nitrogens is 5. The van der Waals surface area contributed by atoms with E-state index in [-0.39, 0.29) is 17.2 Å². The van der Waals surface area contributed by atoms with Crippen LogP contribution in [0.15, 0.2) is 60.1 Å². The first-order valence-corrected chi connectivity index (χ1v) is 11.5. The zero-order valence-corrected chi connectivity index (χ0v) is 19.1. The van der Waals surface area contributed by atoms with Gasteiger partial charge in [-0.25, -0.2) is 23.4 Å². The van der Waals surface area contributed by atoms with Crippen molar-refractivity contribution in [1.82, 2.24) is 29.8 Å². The van der Waals surface area contributed by atoms with Crippen molar-refractivity contribution in [2.24, 2.45) is 7.05 Å². The zero-order valence-electron chi connectivity index (χ0n) is 18.3. The van der Waals surface area contributed by atoms with E-state index in [1.165, 1.54) is 30.7 Å². The highest BCUT2D eigenvalue weighted by Crippen LogP contribution is 2.31. The van der Waals surface area contributed by atoms with Crippen LogP contribution < -0.4 is 10.6 Å². The summed E-state index contributed by atoms with van der Waals surface area (Å²) in [7, 11) is -3.68. The van der Waals surface area contributed by atoms with Gasteiger partial charge in [0.15, 0.2) is 0 Å². The van der Waals surface area contributed by atoms with Crippen molar-refractivity contribution in [2.75, 3.05) is 5.32 Å². The van der Waals surface area contributed by atoms with E-state index < -0.39 is 32.2 Å². The SMILES string of the molecule is CC(NC(=O)c1cc2c(cn1)ncn2C)c1cnc(Nc2cccc(S(=O)(=O)C(F)(F)F)c2)cn1. The number of benzene rings is 1. The van der Waals surface area contributed by atoms with Gasteiger partial charge in [-0.3, -0.25) is 9.78 Å². The molecule has 0 aliphatic heterocycles. The summed E-state index contributed by atoms with van der Waals surface area (Å²) in [5.74, 6) is -0.260. The van der Waals surface area contributed by atoms with Gasteiger partial charge in [-0.05, 0) is 31.2 Å². The number of halogens is 3. The van der Waals surface area contributed by atoms with Crippen molar-refractivity contribution in [2.45, 2.75) is 23.4 Å². The van der Waals surface area contributed by atoms with Crippen LogP contribution in [0.3, 0.4) is 0 Å². The van der Waals surface area contributed by atoms with E-state index in [4.69, 9.17) is 0 Å². The molecule has 14 heteroatoms. The summed E-state index contributed by atoms with van der Waals surface area (Å²) < 4.78 is 63.4. The molecular formula is C21H18F3N7O3S. The van der Waals surface area contributed by atoms with Crippen LogP contribution in [0.2, 0.25) is 0 Å². The van der Waals surface area contributed by atoms with Gasteiger partial charge in [0, 0.05) is 12.7 Å². The monoisotopic (exact) mass is 505 g/mol. The first-order chi connectivity index (χ1) is 16.5. The van der Waals surface area contributed by atoms with Crippen LogP contribution in [0, 0.1) is 0 Å². The van der Waals surface area contributed by atoms with Gasteiger partial charge in [0.05, 0.1) is 47.1 Å². The minimum atomic E-state index is -5.48. The number of amides is 1. The Balaban J connectivity index is 1.44. The van der Waals surface area contributed by atoms with Gasteiger partial charge in [0.2, 0.25) is 0 Å². The lowest BCUT2D eigenvalue weighted by atomic mass is 10.2. The van der Waals surface area contributed by atoms with Gasteiger partial charge < -0.3 is 15.2 Å². The molecule has 1 aromatic carbocycles. The van der Waals surface area contributed by atoms with Crippen molar-refractivity contribution in [3.05, 3.63) is 66.6 Å². The number of aryl methyl sites for hydroxylation is 1. The molecule has 10 nitrogen and oxygen atoms in total. The topological polar surface area (TPSA) is 132 Å². The number of imidazole rings is 1. The minimum Gasteiger partial charge on any atom is -0.343 e. The van der Waals surface area contributed by atoms with E-state index in [1.54, 1.807) is 30.9 Å². The number of hydrogen-bond acceptors (Lipinski definition) is 8. The summed E-state index contributed by atoms with van der Waals surface area (Å²) in [5.41, 5.74) is -3.30. The first kappa shape index (κ1) is 24.1. The molecule has 0 saturated heterocycles. The summed E-state index contributed by atoms with van der Waals surface area (Å²) in [6, 6.07) is 5.36. The number of alkyl halides is 3. The summed E-state index contributed by atoms with van der Waals surface area (Å²) in [6.07, 6.45) is 5.81. The number of carbonyl (C=O) groups is 1. The van der Waals surface area contributed by atoms with Crippen LogP contribution in [0.25, 0.3) is 11.0 Å². The molecule has 1 atom stereocenters. The molecule has 4 rings (SSSR count). The Morgan fingerprint density at radius 2 is 1.83 bits per heavy atom. The van der Waals surface area contributed by atoms with E-state index in [9.17, 15) is 26.4 Å². The number of sulfone groups is 1. The lowest BCUT2D eigenvalue weighted by Crippen LogP contribution is -2.28. The Hall–Kier alpha value is -4.07. The van der Waals surface area contributed by atoms with Gasteiger partial charge >= 0.3 is 5.51 Å². The van der Waals surface area contributed by atoms with Crippen LogP contribution in [0.1, 0.15) is 29.1 Å². The predicted molar refractivity (Wildman–Crippen MR) is 119 cm³/mol. The van der Waals surface area contributed by atoms with Gasteiger partial charge in [0.25, 0.3) is 15.7 Å². The van der Waals surface area contributed by atoms with Crippen LogP contribution in [0.5, 0.6) is 0 Å². The van der Waals surface area contributed by atoms with Crippen LogP contribution in [-0.2, 0) is 16.9 Å². The van der Waals surface area contributed by atoms with Gasteiger partial charge in [-0.15, -0.1) is 0 Å². The lowest BCUT2D eigenvalue weighted by Gasteiger charge is -2.14. The van der Waals surface area contributed by atoms with Crippen LogP contribution in [-0.4, -0.2) is 44.3 Å². The smallest absolute Gasteiger partial charge is 0.343 e. The fourth-order valence-corrected chi connectivity index (χ4v) is 3.96. The molecule has 0 radical (unpaired) electrons. The maximum Gasteiger partial charge on any atom is 0.501 e. The van der Waals surface area contributed by atoms with Gasteiger partial charge in [-0.1, -0.05) is 6.07 Å². The van der Waals surface area contributed by atoms with Crippen molar-refractivity contribution in [1.29, 1.82) is 0 Å². The second-order valence-electron chi connectivity index (χ2n) is 7.54. The number of fused-ring (bicyclic) bond motifs is 1. The van der Waals surface area contributed by atoms with Gasteiger partial charge in [0.1, 0.15) is 17.0 Å². The quantitative estimate of drug-likeness (QED) is 0.408. The Morgan fingerprint density at radius 3 is 2.51 bits per heavy atom. The molecule has 3 aromatic heterocycles. The van der Waals surface area contributed by atoms with E-state index in [1.807, 2.05) is 0 Å². The summed E-state index contributed by atoms with van der Waals surface area (Å²) in [4.78, 5) is 28.3. The third kappa shape index (κ3) is 4.91. The summed E-state index contributed by atoms with van der Waals surface area (Å²) in [6.45, 7) is 1.70. The van der Waals surface area contributed by atoms with Crippen LogP contribution >= 0.6 is 0 Å². The molecule has 0 aliphatic rings. The number of pyridine rings is 1. The molecule has 0 saturated carbocycles. The maximum absolute atomic E-state index is 12.8. The van der Waals surface area contributed by atoms with Crippen molar-refractivity contribution < 1.29 is 26.4 Å². The lowest BCUT2D eigenvalue weighted by molar-refractivity contribution is -0.0436. The van der Waals surface area contributed by atoms with Gasteiger partial charge in [-0.2, -0.15) is 13.2 Å². The fourth-order valence-electron chi connectivity index (χ4n) is 3.15. The normalized spacial score (nSPS) is 12.9. The maximum atomic E-state index is 12.8. The Labute approximate surface area is 197 Å². The van der Waals surface area contributed by atoms with E-state index >= 15 is 0 Å². The molecule has 35 heavy (non-hydrogen) atoms. The largest absolute Gasteiger partial charge is 0.501 e. The first-order valence-electron chi connectivity index (χ1n) is 10.0. The fraction of sp³-hybridized carbons (Fsp3) is 0.190. The molecule has 3 heterocycles. The third-order valence-electron chi connectivity index (χ3n) is 5.03. The standard InChI is InChI=1S/C21H18F3N7O3S/c1-12(29-20(32)15-7-18-17(9-25-15)28-11-31(18)2)16-8-27-19(10-26-16)30-13-4-3-5-14(6-13)35(33,34)21(22,23)24/h3-12H,1-2H3,(H,27,30)(H,29,32).